The van der Waals surface area contributed by atoms with E-state index in [9.17, 15) is 0 Å². The third kappa shape index (κ3) is 2.85. The summed E-state index contributed by atoms with van der Waals surface area (Å²) in [4.78, 5) is 1.15. The predicted molar refractivity (Wildman–Crippen MR) is 67.6 cm³/mol. The molecule has 88 valence electrons. The van der Waals surface area contributed by atoms with Crippen molar-refractivity contribution in [2.45, 2.75) is 43.8 Å². The van der Waals surface area contributed by atoms with E-state index in [2.05, 4.69) is 12.3 Å². The molecule has 1 aliphatic rings. The van der Waals surface area contributed by atoms with Gasteiger partial charge >= 0.3 is 0 Å². The molecule has 0 heterocycles. The quantitative estimate of drug-likeness (QED) is 0.728. The van der Waals surface area contributed by atoms with Gasteiger partial charge in [0.2, 0.25) is 0 Å². The third-order valence-electron chi connectivity index (χ3n) is 2.33. The molecule has 2 rings (SSSR count). The topological polar surface area (TPSA) is 18.5 Å². The van der Waals surface area contributed by atoms with Gasteiger partial charge < -0.3 is 9.47 Å². The molecule has 0 radical (unpaired) electrons. The number of hydrogen-bond acceptors (Lipinski definition) is 3. The Morgan fingerprint density at radius 3 is 2.62 bits per heavy atom. The highest BCUT2D eigenvalue weighted by Crippen LogP contribution is 2.40. The van der Waals surface area contributed by atoms with Crippen molar-refractivity contribution in [1.82, 2.24) is 0 Å². The molecular formula is C13H18O2S. The van der Waals surface area contributed by atoms with Crippen LogP contribution in [0.4, 0.5) is 0 Å². The minimum Gasteiger partial charge on any atom is -0.486 e. The number of hydrogen-bond donors (Lipinski definition) is 0. The number of benzene rings is 1. The summed E-state index contributed by atoms with van der Waals surface area (Å²) in [6.45, 7) is 4.08. The van der Waals surface area contributed by atoms with Gasteiger partial charge in [-0.1, -0.05) is 6.07 Å². The highest BCUT2D eigenvalue weighted by Gasteiger charge is 2.25. The van der Waals surface area contributed by atoms with Gasteiger partial charge in [0.25, 0.3) is 0 Å². The molecule has 0 saturated heterocycles. The summed E-state index contributed by atoms with van der Waals surface area (Å²) < 4.78 is 11.7. The SMILES string of the molecule is CSc1cccc(OC2CC2)c1OC(C)C. The third-order valence-corrected chi connectivity index (χ3v) is 3.10. The molecule has 0 unspecified atom stereocenters. The first-order valence-electron chi connectivity index (χ1n) is 5.71. The van der Waals surface area contributed by atoms with E-state index in [1.165, 1.54) is 12.8 Å². The monoisotopic (exact) mass is 238 g/mol. The molecule has 16 heavy (non-hydrogen) atoms. The van der Waals surface area contributed by atoms with Gasteiger partial charge in [0.15, 0.2) is 11.5 Å². The van der Waals surface area contributed by atoms with E-state index in [0.29, 0.717) is 6.10 Å². The largest absolute Gasteiger partial charge is 0.486 e. The molecule has 0 aliphatic heterocycles. The van der Waals surface area contributed by atoms with Crippen molar-refractivity contribution in [1.29, 1.82) is 0 Å². The van der Waals surface area contributed by atoms with Crippen LogP contribution in [0.2, 0.25) is 0 Å². The molecule has 1 saturated carbocycles. The Morgan fingerprint density at radius 2 is 2.06 bits per heavy atom. The second-order valence-corrected chi connectivity index (χ2v) is 5.12. The average molecular weight is 238 g/mol. The molecule has 0 bridgehead atoms. The lowest BCUT2D eigenvalue weighted by molar-refractivity contribution is 0.212. The van der Waals surface area contributed by atoms with Crippen LogP contribution in [-0.4, -0.2) is 18.5 Å². The minimum absolute atomic E-state index is 0.176. The first-order chi connectivity index (χ1) is 7.70. The normalized spacial score (nSPS) is 15.2. The molecule has 0 aromatic heterocycles. The second-order valence-electron chi connectivity index (χ2n) is 4.27. The Bertz CT molecular complexity index is 359. The molecule has 2 nitrogen and oxygen atoms in total. The van der Waals surface area contributed by atoms with Gasteiger partial charge in [-0.15, -0.1) is 11.8 Å². The fourth-order valence-electron chi connectivity index (χ4n) is 1.47. The maximum atomic E-state index is 5.86. The van der Waals surface area contributed by atoms with Crippen molar-refractivity contribution in [2.24, 2.45) is 0 Å². The van der Waals surface area contributed by atoms with Gasteiger partial charge in [0.05, 0.1) is 17.1 Å². The number of thioether (sulfide) groups is 1. The zero-order valence-electron chi connectivity index (χ0n) is 10.0. The lowest BCUT2D eigenvalue weighted by Gasteiger charge is -2.17. The summed E-state index contributed by atoms with van der Waals surface area (Å²) in [6.07, 6.45) is 4.99. The van der Waals surface area contributed by atoms with E-state index in [1.54, 1.807) is 11.8 Å². The number of rotatable bonds is 5. The lowest BCUT2D eigenvalue weighted by atomic mass is 10.3. The smallest absolute Gasteiger partial charge is 0.175 e. The Morgan fingerprint density at radius 1 is 1.31 bits per heavy atom. The summed E-state index contributed by atoms with van der Waals surface area (Å²) in [5.41, 5.74) is 0. The van der Waals surface area contributed by atoms with Crippen molar-refractivity contribution in [3.8, 4) is 11.5 Å². The highest BCUT2D eigenvalue weighted by molar-refractivity contribution is 7.98. The van der Waals surface area contributed by atoms with Gasteiger partial charge in [0, 0.05) is 0 Å². The maximum Gasteiger partial charge on any atom is 0.175 e. The Balaban J connectivity index is 2.25. The van der Waals surface area contributed by atoms with Gasteiger partial charge in [-0.25, -0.2) is 0 Å². The van der Waals surface area contributed by atoms with Crippen LogP contribution in [0, 0.1) is 0 Å². The summed E-state index contributed by atoms with van der Waals surface area (Å²) in [6, 6.07) is 6.09. The molecule has 1 aromatic rings. The number of para-hydroxylation sites is 1. The van der Waals surface area contributed by atoms with E-state index in [-0.39, 0.29) is 6.10 Å². The predicted octanol–water partition coefficient (Wildman–Crippen LogP) is 3.74. The van der Waals surface area contributed by atoms with Crippen LogP contribution >= 0.6 is 11.8 Å². The van der Waals surface area contributed by atoms with Crippen LogP contribution in [0.15, 0.2) is 23.1 Å². The van der Waals surface area contributed by atoms with E-state index < -0.39 is 0 Å². The molecule has 0 amide bonds. The zero-order chi connectivity index (χ0) is 11.5. The van der Waals surface area contributed by atoms with Crippen molar-refractivity contribution in [2.75, 3.05) is 6.26 Å². The average Bonchev–Trinajstić information content (AvgIpc) is 3.04. The molecule has 1 aliphatic carbocycles. The van der Waals surface area contributed by atoms with Gasteiger partial charge in [-0.05, 0) is 45.1 Å². The standard InChI is InChI=1S/C13H18O2S/c1-9(2)14-13-11(15-10-7-8-10)5-4-6-12(13)16-3/h4-6,9-10H,7-8H2,1-3H3. The van der Waals surface area contributed by atoms with Crippen molar-refractivity contribution in [3.05, 3.63) is 18.2 Å². The molecule has 0 spiro atoms. The zero-order valence-corrected chi connectivity index (χ0v) is 10.8. The van der Waals surface area contributed by atoms with E-state index >= 15 is 0 Å². The lowest BCUT2D eigenvalue weighted by Crippen LogP contribution is -2.08. The van der Waals surface area contributed by atoms with Crippen LogP contribution in [0.5, 0.6) is 11.5 Å². The molecule has 1 aromatic carbocycles. The fourth-order valence-corrected chi connectivity index (χ4v) is 2.02. The van der Waals surface area contributed by atoms with Crippen molar-refractivity contribution >= 4 is 11.8 Å². The Hall–Kier alpha value is -0.830. The highest BCUT2D eigenvalue weighted by atomic mass is 32.2. The molecule has 1 fully saturated rings. The summed E-state index contributed by atoms with van der Waals surface area (Å²) in [7, 11) is 0. The molecule has 3 heteroatoms. The van der Waals surface area contributed by atoms with Crippen molar-refractivity contribution < 1.29 is 9.47 Å². The Labute approximate surface area is 101 Å². The summed E-state index contributed by atoms with van der Waals surface area (Å²) in [5.74, 6) is 1.79. The van der Waals surface area contributed by atoms with Crippen LogP contribution in [0.1, 0.15) is 26.7 Å². The first kappa shape index (κ1) is 11.6. The van der Waals surface area contributed by atoms with E-state index in [4.69, 9.17) is 9.47 Å². The van der Waals surface area contributed by atoms with Crippen LogP contribution in [-0.2, 0) is 0 Å². The van der Waals surface area contributed by atoms with E-state index in [1.807, 2.05) is 26.0 Å². The van der Waals surface area contributed by atoms with Crippen LogP contribution in [0.3, 0.4) is 0 Å². The molecule has 0 atom stereocenters. The number of ether oxygens (including phenoxy) is 2. The van der Waals surface area contributed by atoms with Gasteiger partial charge in [-0.2, -0.15) is 0 Å². The van der Waals surface area contributed by atoms with Crippen LogP contribution in [0.25, 0.3) is 0 Å². The van der Waals surface area contributed by atoms with Crippen LogP contribution < -0.4 is 9.47 Å². The Kier molecular flexibility index (Phi) is 3.64. The fraction of sp³-hybridized carbons (Fsp3) is 0.538. The first-order valence-corrected chi connectivity index (χ1v) is 6.93. The van der Waals surface area contributed by atoms with Gasteiger partial charge in [-0.3, -0.25) is 0 Å². The summed E-state index contributed by atoms with van der Waals surface area (Å²) >= 11 is 1.69. The van der Waals surface area contributed by atoms with E-state index in [0.717, 1.165) is 16.4 Å². The second kappa shape index (κ2) is 5.00. The van der Waals surface area contributed by atoms with Gasteiger partial charge in [0.1, 0.15) is 0 Å². The minimum atomic E-state index is 0.176. The maximum absolute atomic E-state index is 5.86. The molecular weight excluding hydrogens is 220 g/mol. The van der Waals surface area contributed by atoms with Crippen molar-refractivity contribution in [3.63, 3.8) is 0 Å². The summed E-state index contributed by atoms with van der Waals surface area (Å²) in [5, 5.41) is 0. The molecule has 0 N–H and O–H groups in total.